The van der Waals surface area contributed by atoms with Crippen molar-refractivity contribution in [2.45, 2.75) is 29.9 Å². The molecule has 0 saturated heterocycles. The largest absolute Gasteiger partial charge is 0.478 e. The van der Waals surface area contributed by atoms with Gasteiger partial charge in [-0.25, -0.2) is 19.1 Å². The maximum absolute atomic E-state index is 13.8. The van der Waals surface area contributed by atoms with Crippen LogP contribution in [0.2, 0.25) is 0 Å². The molecule has 0 atom stereocenters. The number of halogens is 1. The number of hydrogen-bond donors (Lipinski definition) is 2. The SMILES string of the molecule is CCCn1c(Sc2c(F)cccc2C(=O)O)n[nH]c1=O. The van der Waals surface area contributed by atoms with Crippen LogP contribution in [0.25, 0.3) is 0 Å². The number of aromatic carboxylic acids is 1. The third-order valence-electron chi connectivity index (χ3n) is 2.56. The zero-order chi connectivity index (χ0) is 14.7. The molecule has 0 fully saturated rings. The average molecular weight is 297 g/mol. The minimum absolute atomic E-state index is 0.0589. The summed E-state index contributed by atoms with van der Waals surface area (Å²) in [5.74, 6) is -1.89. The van der Waals surface area contributed by atoms with Crippen LogP contribution in [0, 0.1) is 5.82 Å². The van der Waals surface area contributed by atoms with Crippen LogP contribution in [0.4, 0.5) is 4.39 Å². The van der Waals surface area contributed by atoms with E-state index in [0.29, 0.717) is 13.0 Å². The van der Waals surface area contributed by atoms with E-state index in [-0.39, 0.29) is 15.6 Å². The van der Waals surface area contributed by atoms with Crippen molar-refractivity contribution in [3.05, 3.63) is 40.1 Å². The van der Waals surface area contributed by atoms with Crippen LogP contribution in [-0.4, -0.2) is 25.8 Å². The molecule has 8 heteroatoms. The summed E-state index contributed by atoms with van der Waals surface area (Å²) in [4.78, 5) is 22.6. The quantitative estimate of drug-likeness (QED) is 0.881. The van der Waals surface area contributed by atoms with Crippen molar-refractivity contribution >= 4 is 17.7 Å². The van der Waals surface area contributed by atoms with Gasteiger partial charge in [-0.15, -0.1) is 5.10 Å². The number of nitrogens with zero attached hydrogens (tertiary/aromatic N) is 2. The molecule has 0 unspecified atom stereocenters. The van der Waals surface area contributed by atoms with Crippen LogP contribution < -0.4 is 5.69 Å². The molecule has 0 aliphatic rings. The third kappa shape index (κ3) is 2.74. The molecule has 0 radical (unpaired) electrons. The number of aromatic amines is 1. The molecule has 2 rings (SSSR count). The van der Waals surface area contributed by atoms with Gasteiger partial charge in [-0.1, -0.05) is 13.0 Å². The summed E-state index contributed by atoms with van der Waals surface area (Å²) < 4.78 is 15.2. The zero-order valence-corrected chi connectivity index (χ0v) is 11.4. The van der Waals surface area contributed by atoms with Gasteiger partial charge in [-0.05, 0) is 30.3 Å². The molecule has 1 heterocycles. The van der Waals surface area contributed by atoms with Crippen molar-refractivity contribution in [1.82, 2.24) is 14.8 Å². The highest BCUT2D eigenvalue weighted by Gasteiger charge is 2.18. The molecule has 106 valence electrons. The Morgan fingerprint density at radius 2 is 2.30 bits per heavy atom. The molecule has 0 spiro atoms. The van der Waals surface area contributed by atoms with Crippen molar-refractivity contribution in [2.75, 3.05) is 0 Å². The Bertz CT molecular complexity index is 695. The lowest BCUT2D eigenvalue weighted by Gasteiger charge is -2.07. The molecule has 0 aliphatic carbocycles. The van der Waals surface area contributed by atoms with Gasteiger partial charge in [-0.3, -0.25) is 4.57 Å². The molecule has 1 aromatic carbocycles. The fraction of sp³-hybridized carbons (Fsp3) is 0.250. The second-order valence-corrected chi connectivity index (χ2v) is 4.96. The lowest BCUT2D eigenvalue weighted by atomic mass is 10.2. The fourth-order valence-corrected chi connectivity index (χ4v) is 2.66. The van der Waals surface area contributed by atoms with Crippen LogP contribution in [0.15, 0.2) is 33.0 Å². The second kappa shape index (κ2) is 5.91. The van der Waals surface area contributed by atoms with Crippen molar-refractivity contribution in [1.29, 1.82) is 0 Å². The molecular formula is C12H12FN3O3S. The summed E-state index contributed by atoms with van der Waals surface area (Å²) in [5.41, 5.74) is -0.559. The van der Waals surface area contributed by atoms with Crippen molar-refractivity contribution in [3.8, 4) is 0 Å². The number of rotatable bonds is 5. The standard InChI is InChI=1S/C12H12FN3O3S/c1-2-6-16-11(19)14-15-12(16)20-9-7(10(17)18)4-3-5-8(9)13/h3-5H,2,6H2,1H3,(H,14,19)(H,17,18). The maximum Gasteiger partial charge on any atom is 0.343 e. The first-order valence-corrected chi connectivity index (χ1v) is 6.71. The maximum atomic E-state index is 13.8. The Balaban J connectivity index is 2.45. The first-order chi connectivity index (χ1) is 9.54. The van der Waals surface area contributed by atoms with E-state index in [2.05, 4.69) is 10.2 Å². The molecule has 20 heavy (non-hydrogen) atoms. The fourth-order valence-electron chi connectivity index (χ4n) is 1.67. The van der Waals surface area contributed by atoms with Crippen LogP contribution in [0.5, 0.6) is 0 Å². The number of benzene rings is 1. The molecule has 2 N–H and O–H groups in total. The summed E-state index contributed by atoms with van der Waals surface area (Å²) in [6.07, 6.45) is 0.704. The zero-order valence-electron chi connectivity index (χ0n) is 10.6. The summed E-state index contributed by atoms with van der Waals surface area (Å²) in [7, 11) is 0. The Morgan fingerprint density at radius 3 is 2.95 bits per heavy atom. The third-order valence-corrected chi connectivity index (χ3v) is 3.67. The van der Waals surface area contributed by atoms with E-state index in [1.807, 2.05) is 6.92 Å². The number of carboxylic acid groups (broad SMARTS) is 1. The number of aromatic nitrogens is 3. The van der Waals surface area contributed by atoms with E-state index in [1.54, 1.807) is 0 Å². The molecule has 0 amide bonds. The van der Waals surface area contributed by atoms with Crippen LogP contribution >= 0.6 is 11.8 Å². The highest BCUT2D eigenvalue weighted by atomic mass is 32.2. The lowest BCUT2D eigenvalue weighted by Crippen LogP contribution is -2.17. The first kappa shape index (κ1) is 14.3. The van der Waals surface area contributed by atoms with Gasteiger partial charge in [0.1, 0.15) is 5.82 Å². The molecule has 0 bridgehead atoms. The highest BCUT2D eigenvalue weighted by molar-refractivity contribution is 7.99. The Labute approximate surface area is 117 Å². The van der Waals surface area contributed by atoms with Crippen LogP contribution in [-0.2, 0) is 6.54 Å². The minimum atomic E-state index is -1.23. The van der Waals surface area contributed by atoms with Crippen LogP contribution in [0.1, 0.15) is 23.7 Å². The van der Waals surface area contributed by atoms with Gasteiger partial charge in [-0.2, -0.15) is 0 Å². The van der Waals surface area contributed by atoms with E-state index >= 15 is 0 Å². The lowest BCUT2D eigenvalue weighted by molar-refractivity contribution is 0.0692. The molecular weight excluding hydrogens is 285 g/mol. The predicted octanol–water partition coefficient (Wildman–Crippen LogP) is 1.97. The topological polar surface area (TPSA) is 88.0 Å². The summed E-state index contributed by atoms with van der Waals surface area (Å²) >= 11 is 0.821. The number of nitrogens with one attached hydrogen (secondary N) is 1. The number of hydrogen-bond acceptors (Lipinski definition) is 4. The van der Waals surface area contributed by atoms with Gasteiger partial charge >= 0.3 is 11.7 Å². The number of carboxylic acids is 1. The normalized spacial score (nSPS) is 10.7. The first-order valence-electron chi connectivity index (χ1n) is 5.89. The summed E-state index contributed by atoms with van der Waals surface area (Å²) in [5, 5.41) is 15.4. The Kier molecular flexibility index (Phi) is 4.23. The second-order valence-electron chi connectivity index (χ2n) is 3.99. The highest BCUT2D eigenvalue weighted by Crippen LogP contribution is 2.31. The summed E-state index contributed by atoms with van der Waals surface area (Å²) in [6.45, 7) is 2.31. The molecule has 0 aliphatic heterocycles. The van der Waals surface area contributed by atoms with Crippen molar-refractivity contribution in [3.63, 3.8) is 0 Å². The van der Waals surface area contributed by atoms with E-state index in [9.17, 15) is 14.0 Å². The van der Waals surface area contributed by atoms with E-state index < -0.39 is 17.5 Å². The average Bonchev–Trinajstić information content (AvgIpc) is 2.74. The van der Waals surface area contributed by atoms with Gasteiger partial charge in [0.25, 0.3) is 0 Å². The molecule has 0 saturated carbocycles. The monoisotopic (exact) mass is 297 g/mol. The molecule has 6 nitrogen and oxygen atoms in total. The van der Waals surface area contributed by atoms with Gasteiger partial charge < -0.3 is 5.11 Å². The van der Waals surface area contributed by atoms with Gasteiger partial charge in [0.15, 0.2) is 5.16 Å². The van der Waals surface area contributed by atoms with Crippen molar-refractivity contribution < 1.29 is 14.3 Å². The van der Waals surface area contributed by atoms with E-state index in [1.165, 1.54) is 22.8 Å². The molecule has 2 aromatic rings. The number of carbonyl (C=O) groups is 1. The number of H-pyrrole nitrogens is 1. The summed E-state index contributed by atoms with van der Waals surface area (Å²) in [6, 6.07) is 3.80. The van der Waals surface area contributed by atoms with Crippen molar-refractivity contribution in [2.24, 2.45) is 0 Å². The smallest absolute Gasteiger partial charge is 0.343 e. The Morgan fingerprint density at radius 1 is 1.55 bits per heavy atom. The predicted molar refractivity (Wildman–Crippen MR) is 70.6 cm³/mol. The Hall–Kier alpha value is -2.09. The molecule has 1 aromatic heterocycles. The van der Waals surface area contributed by atoms with Crippen LogP contribution in [0.3, 0.4) is 0 Å². The van der Waals surface area contributed by atoms with E-state index in [0.717, 1.165) is 11.8 Å². The van der Waals surface area contributed by atoms with Gasteiger partial charge in [0.05, 0.1) is 10.5 Å². The van der Waals surface area contributed by atoms with Gasteiger partial charge in [0.2, 0.25) is 0 Å². The van der Waals surface area contributed by atoms with Gasteiger partial charge in [0, 0.05) is 6.54 Å². The van der Waals surface area contributed by atoms with E-state index in [4.69, 9.17) is 5.11 Å². The minimum Gasteiger partial charge on any atom is -0.478 e.